The first-order chi connectivity index (χ1) is 34.9. The van der Waals surface area contributed by atoms with Gasteiger partial charge in [-0.3, -0.25) is 0 Å². The fourth-order valence-electron chi connectivity index (χ4n) is 10.2. The Bertz CT molecular complexity index is 3920. The molecule has 0 saturated carbocycles. The molecule has 9 heteroatoms. The Morgan fingerprint density at radius 2 is 0.667 bits per heavy atom. The van der Waals surface area contributed by atoms with Crippen molar-refractivity contribution in [2.24, 2.45) is 0 Å². The second-order valence-electron chi connectivity index (χ2n) is 17.8. The predicted molar refractivity (Wildman–Crippen MR) is 279 cm³/mol. The first-order valence-corrected chi connectivity index (χ1v) is 23.2. The van der Waals surface area contributed by atoms with Crippen LogP contribution < -0.4 is 0 Å². The van der Waals surface area contributed by atoms with Crippen molar-refractivity contribution in [3.05, 3.63) is 247 Å². The summed E-state index contributed by atoms with van der Waals surface area (Å²) in [6, 6.07) is 69.1. The van der Waals surface area contributed by atoms with Crippen molar-refractivity contribution < 1.29 is 26.3 Å². The third-order valence-electron chi connectivity index (χ3n) is 13.6. The Morgan fingerprint density at radius 3 is 0.986 bits per heavy atom. The molecule has 0 radical (unpaired) electrons. The van der Waals surface area contributed by atoms with Gasteiger partial charge in [-0.25, -0.2) is 4.85 Å². The molecule has 0 unspecified atom stereocenters. The van der Waals surface area contributed by atoms with E-state index in [9.17, 15) is 13.2 Å². The van der Waals surface area contributed by atoms with E-state index < -0.39 is 29.0 Å². The Labute approximate surface area is 409 Å². The van der Waals surface area contributed by atoms with Crippen LogP contribution in [0.5, 0.6) is 0 Å². The summed E-state index contributed by atoms with van der Waals surface area (Å²) >= 11 is 0. The highest BCUT2D eigenvalue weighted by Gasteiger charge is 2.39. The standard InChI is InChI=1S/C63H37F6N3/c1-70-55-38-61(72-58-34-45(41-18-10-4-11-19-41)24-29-51(58)52-30-25-46(35-59(52)72)42-20-12-5-13-21-42)60(37-53(55)48-31-26-47(62(64,65)66)36-54(48)63(67,68)69)71-56-32-43(39-14-6-2-7-15-39)22-27-49(56)50-28-23-44(33-57(50)71)40-16-8-3-9-17-40/h2-38H. The summed E-state index contributed by atoms with van der Waals surface area (Å²) in [4.78, 5) is 3.89. The van der Waals surface area contributed by atoms with Crippen LogP contribution in [-0.4, -0.2) is 9.13 Å². The van der Waals surface area contributed by atoms with Crippen molar-refractivity contribution in [3.63, 3.8) is 0 Å². The molecule has 72 heavy (non-hydrogen) atoms. The second-order valence-corrected chi connectivity index (χ2v) is 17.8. The largest absolute Gasteiger partial charge is 0.416 e. The van der Waals surface area contributed by atoms with E-state index in [1.54, 1.807) is 12.1 Å². The molecule has 3 nitrogen and oxygen atoms in total. The zero-order valence-electron chi connectivity index (χ0n) is 38.0. The maximum absolute atomic E-state index is 15.3. The highest BCUT2D eigenvalue weighted by molar-refractivity contribution is 6.14. The molecule has 0 aliphatic carbocycles. The molecule has 2 aromatic heterocycles. The molecule has 2 heterocycles. The zero-order chi connectivity index (χ0) is 49.3. The molecule has 0 saturated heterocycles. The molecular formula is C63H37F6N3. The van der Waals surface area contributed by atoms with Crippen LogP contribution >= 0.6 is 0 Å². The molecule has 0 fully saturated rings. The molecule has 12 rings (SSSR count). The van der Waals surface area contributed by atoms with Crippen molar-refractivity contribution in [2.75, 3.05) is 0 Å². The lowest BCUT2D eigenvalue weighted by molar-refractivity contribution is -0.142. The summed E-state index contributed by atoms with van der Waals surface area (Å²) in [5.41, 5.74) is 7.39. The van der Waals surface area contributed by atoms with E-state index in [1.165, 1.54) is 0 Å². The van der Waals surface area contributed by atoms with E-state index in [0.717, 1.165) is 94.2 Å². The number of aromatic nitrogens is 2. The average Bonchev–Trinajstić information content (AvgIpc) is 3.91. The van der Waals surface area contributed by atoms with Crippen LogP contribution in [0.15, 0.2) is 224 Å². The van der Waals surface area contributed by atoms with Gasteiger partial charge < -0.3 is 9.13 Å². The molecule has 0 atom stereocenters. The van der Waals surface area contributed by atoms with Crippen molar-refractivity contribution in [3.8, 4) is 67.0 Å². The lowest BCUT2D eigenvalue weighted by atomic mass is 9.94. The molecule has 0 aliphatic heterocycles. The van der Waals surface area contributed by atoms with Crippen LogP contribution in [0, 0.1) is 6.57 Å². The Balaban J connectivity index is 1.27. The van der Waals surface area contributed by atoms with Gasteiger partial charge in [0.1, 0.15) is 0 Å². The lowest BCUT2D eigenvalue weighted by Crippen LogP contribution is -2.12. The van der Waals surface area contributed by atoms with E-state index in [4.69, 9.17) is 6.57 Å². The van der Waals surface area contributed by atoms with Crippen LogP contribution in [0.3, 0.4) is 0 Å². The van der Waals surface area contributed by atoms with E-state index in [1.807, 2.05) is 150 Å². The topological polar surface area (TPSA) is 14.2 Å². The van der Waals surface area contributed by atoms with Crippen LogP contribution in [-0.2, 0) is 12.4 Å². The Hall–Kier alpha value is -9.13. The van der Waals surface area contributed by atoms with Crippen LogP contribution in [0.1, 0.15) is 11.1 Å². The van der Waals surface area contributed by atoms with Crippen molar-refractivity contribution >= 4 is 49.3 Å². The fourth-order valence-corrected chi connectivity index (χ4v) is 10.2. The zero-order valence-corrected chi connectivity index (χ0v) is 38.0. The summed E-state index contributed by atoms with van der Waals surface area (Å²) in [6.45, 7) is 8.64. The van der Waals surface area contributed by atoms with Gasteiger partial charge in [0.2, 0.25) is 0 Å². The molecule has 10 aromatic carbocycles. The van der Waals surface area contributed by atoms with Gasteiger partial charge in [-0.05, 0) is 104 Å². The number of nitrogens with zero attached hydrogens (tertiary/aromatic N) is 3. The maximum atomic E-state index is 15.3. The number of hydrogen-bond acceptors (Lipinski definition) is 0. The van der Waals surface area contributed by atoms with Gasteiger partial charge >= 0.3 is 12.4 Å². The van der Waals surface area contributed by atoms with Gasteiger partial charge in [-0.1, -0.05) is 176 Å². The first kappa shape index (κ1) is 44.1. The maximum Gasteiger partial charge on any atom is 0.416 e. The van der Waals surface area contributed by atoms with Gasteiger partial charge in [-0.2, -0.15) is 26.3 Å². The number of alkyl halides is 6. The predicted octanol–water partition coefficient (Wildman–Crippen LogP) is 18.8. The summed E-state index contributed by atoms with van der Waals surface area (Å²) in [5, 5.41) is 3.50. The summed E-state index contributed by atoms with van der Waals surface area (Å²) in [6.07, 6.45) is -10.3. The minimum atomic E-state index is -5.22. The van der Waals surface area contributed by atoms with Gasteiger partial charge in [-0.15, -0.1) is 0 Å². The SMILES string of the molecule is [C-]#[N+]c1cc(-n2c3cc(-c4ccccc4)ccc3c3ccc(-c4ccccc4)cc32)c(-n2c3cc(-c4ccccc4)ccc3c3ccc(-c4ccccc4)cc32)cc1-c1ccc(C(F)(F)F)cc1C(F)(F)F. The quantitative estimate of drug-likeness (QED) is 0.112. The van der Waals surface area contributed by atoms with Crippen molar-refractivity contribution in [1.82, 2.24) is 9.13 Å². The van der Waals surface area contributed by atoms with E-state index in [0.29, 0.717) is 17.4 Å². The number of benzene rings is 10. The molecule has 0 spiro atoms. The first-order valence-electron chi connectivity index (χ1n) is 23.2. The van der Waals surface area contributed by atoms with E-state index in [2.05, 4.69) is 57.9 Å². The average molecular weight is 950 g/mol. The molecule has 12 aromatic rings. The van der Waals surface area contributed by atoms with Crippen LogP contribution in [0.2, 0.25) is 0 Å². The van der Waals surface area contributed by atoms with Gasteiger partial charge in [0.15, 0.2) is 5.69 Å². The van der Waals surface area contributed by atoms with Crippen LogP contribution in [0.4, 0.5) is 32.0 Å². The second kappa shape index (κ2) is 17.1. The molecule has 346 valence electrons. The third kappa shape index (κ3) is 7.56. The normalized spacial score (nSPS) is 12.0. The van der Waals surface area contributed by atoms with Crippen molar-refractivity contribution in [2.45, 2.75) is 12.4 Å². The minimum Gasteiger partial charge on any atom is -0.308 e. The smallest absolute Gasteiger partial charge is 0.308 e. The van der Waals surface area contributed by atoms with E-state index in [-0.39, 0.29) is 17.3 Å². The summed E-state index contributed by atoms with van der Waals surface area (Å²) in [5.74, 6) is 0. The third-order valence-corrected chi connectivity index (χ3v) is 13.6. The summed E-state index contributed by atoms with van der Waals surface area (Å²) in [7, 11) is 0. The Kier molecular flexibility index (Phi) is 10.5. The fraction of sp³-hybridized carbons (Fsp3) is 0.0317. The molecular weight excluding hydrogens is 913 g/mol. The lowest BCUT2D eigenvalue weighted by Gasteiger charge is -2.22. The molecule has 0 aliphatic rings. The monoisotopic (exact) mass is 949 g/mol. The number of rotatable bonds is 7. The molecule has 0 bridgehead atoms. The molecule has 0 amide bonds. The minimum absolute atomic E-state index is 0.137. The van der Waals surface area contributed by atoms with Gasteiger partial charge in [0.25, 0.3) is 0 Å². The Morgan fingerprint density at radius 1 is 0.319 bits per heavy atom. The van der Waals surface area contributed by atoms with Gasteiger partial charge in [0.05, 0.1) is 51.1 Å². The van der Waals surface area contributed by atoms with E-state index >= 15 is 13.2 Å². The van der Waals surface area contributed by atoms with Crippen LogP contribution in [0.25, 0.3) is 115 Å². The van der Waals surface area contributed by atoms with Crippen molar-refractivity contribution in [1.29, 1.82) is 0 Å². The van der Waals surface area contributed by atoms with Gasteiger partial charge in [0, 0.05) is 21.5 Å². The molecule has 0 N–H and O–H groups in total. The number of halogens is 6. The highest BCUT2D eigenvalue weighted by Crippen LogP contribution is 2.48. The summed E-state index contributed by atoms with van der Waals surface area (Å²) < 4.78 is 92.6. The highest BCUT2D eigenvalue weighted by atomic mass is 19.4. The number of fused-ring (bicyclic) bond motifs is 6. The number of hydrogen-bond donors (Lipinski definition) is 0.